The molecule has 3 heterocycles. The predicted molar refractivity (Wildman–Crippen MR) is 88.8 cm³/mol. The second-order valence-corrected chi connectivity index (χ2v) is 6.90. The summed E-state index contributed by atoms with van der Waals surface area (Å²) < 4.78 is 5.00. The molecular formula is C14H21N7O2S. The van der Waals surface area contributed by atoms with Crippen LogP contribution in [0.25, 0.3) is 0 Å². The Morgan fingerprint density at radius 3 is 3.12 bits per heavy atom. The standard InChI is InChI=1S/C14H21N7O2S/c1-9-15-13(19-17-9)10-4-3-5-21(6-10)7-11(22)16-14-20-18-12(24-14)8-23-2/h10H,3-8H2,1-2H3,(H,15,17,19)(H,16,20,22)/t10-/m1/s1. The first kappa shape index (κ1) is 16.9. The van der Waals surface area contributed by atoms with E-state index in [0.717, 1.165) is 42.6 Å². The summed E-state index contributed by atoms with van der Waals surface area (Å²) in [6.07, 6.45) is 2.08. The first-order chi connectivity index (χ1) is 11.6. The molecular weight excluding hydrogens is 330 g/mol. The molecule has 2 N–H and O–H groups in total. The number of hydrogen-bond donors (Lipinski definition) is 2. The zero-order chi connectivity index (χ0) is 16.9. The molecule has 10 heteroatoms. The molecule has 0 radical (unpaired) electrons. The van der Waals surface area contributed by atoms with Gasteiger partial charge in [0.25, 0.3) is 0 Å². The zero-order valence-electron chi connectivity index (χ0n) is 13.8. The number of likely N-dealkylation sites (tertiary alicyclic amines) is 1. The molecule has 0 aromatic carbocycles. The monoisotopic (exact) mass is 351 g/mol. The number of carbonyl (C=O) groups is 1. The summed E-state index contributed by atoms with van der Waals surface area (Å²) in [5.41, 5.74) is 0. The molecule has 1 atom stereocenters. The van der Waals surface area contributed by atoms with Gasteiger partial charge in [-0.3, -0.25) is 20.1 Å². The molecule has 2 aromatic rings. The number of amides is 1. The third kappa shape index (κ3) is 4.34. The summed E-state index contributed by atoms with van der Waals surface area (Å²) >= 11 is 1.33. The van der Waals surface area contributed by atoms with E-state index in [4.69, 9.17) is 4.74 Å². The average molecular weight is 351 g/mol. The Bertz CT molecular complexity index is 686. The van der Waals surface area contributed by atoms with E-state index < -0.39 is 0 Å². The number of hydrogen-bond acceptors (Lipinski definition) is 8. The van der Waals surface area contributed by atoms with Crippen LogP contribution in [0, 0.1) is 6.92 Å². The first-order valence-corrected chi connectivity index (χ1v) is 8.68. The summed E-state index contributed by atoms with van der Waals surface area (Å²) in [5.74, 6) is 1.85. The average Bonchev–Trinajstić information content (AvgIpc) is 3.17. The zero-order valence-corrected chi connectivity index (χ0v) is 14.6. The molecule has 24 heavy (non-hydrogen) atoms. The van der Waals surface area contributed by atoms with Crippen molar-refractivity contribution in [3.05, 3.63) is 16.7 Å². The smallest absolute Gasteiger partial charge is 0.240 e. The molecule has 1 aliphatic heterocycles. The molecule has 3 rings (SSSR count). The quantitative estimate of drug-likeness (QED) is 0.797. The second-order valence-electron chi connectivity index (χ2n) is 5.84. The molecule has 1 saturated heterocycles. The fourth-order valence-corrected chi connectivity index (χ4v) is 3.53. The van der Waals surface area contributed by atoms with E-state index in [-0.39, 0.29) is 11.8 Å². The van der Waals surface area contributed by atoms with Crippen molar-refractivity contribution in [2.45, 2.75) is 32.3 Å². The largest absolute Gasteiger partial charge is 0.377 e. The Morgan fingerprint density at radius 1 is 1.50 bits per heavy atom. The number of carbonyl (C=O) groups excluding carboxylic acids is 1. The number of anilines is 1. The number of H-pyrrole nitrogens is 1. The maximum atomic E-state index is 12.2. The van der Waals surface area contributed by atoms with Gasteiger partial charge in [-0.15, -0.1) is 10.2 Å². The fourth-order valence-electron chi connectivity index (χ4n) is 2.80. The second kappa shape index (κ2) is 7.77. The number of piperidine rings is 1. The van der Waals surface area contributed by atoms with Gasteiger partial charge in [0, 0.05) is 19.6 Å². The Hall–Kier alpha value is -1.91. The molecule has 0 aliphatic carbocycles. The lowest BCUT2D eigenvalue weighted by atomic mass is 9.97. The van der Waals surface area contributed by atoms with Crippen molar-refractivity contribution >= 4 is 22.4 Å². The van der Waals surface area contributed by atoms with Crippen molar-refractivity contribution in [3.63, 3.8) is 0 Å². The van der Waals surface area contributed by atoms with Crippen molar-refractivity contribution in [3.8, 4) is 0 Å². The number of nitrogens with zero attached hydrogens (tertiary/aromatic N) is 5. The van der Waals surface area contributed by atoms with Gasteiger partial charge in [-0.05, 0) is 26.3 Å². The van der Waals surface area contributed by atoms with E-state index in [2.05, 4.69) is 35.6 Å². The highest BCUT2D eigenvalue weighted by atomic mass is 32.1. The maximum Gasteiger partial charge on any atom is 0.240 e. The minimum absolute atomic E-state index is 0.0815. The first-order valence-electron chi connectivity index (χ1n) is 7.86. The van der Waals surface area contributed by atoms with Crippen LogP contribution in [0.15, 0.2) is 0 Å². The highest BCUT2D eigenvalue weighted by molar-refractivity contribution is 7.15. The van der Waals surface area contributed by atoms with E-state index in [1.165, 1.54) is 11.3 Å². The van der Waals surface area contributed by atoms with Gasteiger partial charge in [0.05, 0.1) is 6.54 Å². The van der Waals surface area contributed by atoms with Crippen LogP contribution in [0.5, 0.6) is 0 Å². The Morgan fingerprint density at radius 2 is 2.38 bits per heavy atom. The van der Waals surface area contributed by atoms with E-state index >= 15 is 0 Å². The number of aromatic nitrogens is 5. The number of methoxy groups -OCH3 is 1. The van der Waals surface area contributed by atoms with E-state index in [1.54, 1.807) is 7.11 Å². The molecule has 130 valence electrons. The molecule has 1 fully saturated rings. The normalized spacial score (nSPS) is 18.7. The topological polar surface area (TPSA) is 109 Å². The molecule has 0 saturated carbocycles. The summed E-state index contributed by atoms with van der Waals surface area (Å²) in [6, 6.07) is 0. The summed E-state index contributed by atoms with van der Waals surface area (Å²) in [6.45, 7) is 4.31. The summed E-state index contributed by atoms with van der Waals surface area (Å²) in [4.78, 5) is 18.8. The molecule has 0 spiro atoms. The predicted octanol–water partition coefficient (Wildman–Crippen LogP) is 0.929. The minimum Gasteiger partial charge on any atom is -0.377 e. The lowest BCUT2D eigenvalue weighted by molar-refractivity contribution is -0.117. The Labute approximate surface area is 143 Å². The number of aromatic amines is 1. The molecule has 0 bridgehead atoms. The molecule has 9 nitrogen and oxygen atoms in total. The van der Waals surface area contributed by atoms with E-state index in [9.17, 15) is 4.79 Å². The van der Waals surface area contributed by atoms with Crippen LogP contribution in [-0.4, -0.2) is 62.9 Å². The number of aryl methyl sites for hydroxylation is 1. The lowest BCUT2D eigenvalue weighted by Crippen LogP contribution is -2.40. The number of nitrogens with one attached hydrogen (secondary N) is 2. The number of ether oxygens (including phenoxy) is 1. The highest BCUT2D eigenvalue weighted by Gasteiger charge is 2.25. The minimum atomic E-state index is -0.0815. The van der Waals surface area contributed by atoms with Crippen LogP contribution in [0.2, 0.25) is 0 Å². The molecule has 0 unspecified atom stereocenters. The van der Waals surface area contributed by atoms with Crippen LogP contribution in [0.1, 0.15) is 35.4 Å². The summed E-state index contributed by atoms with van der Waals surface area (Å²) in [7, 11) is 1.60. The highest BCUT2D eigenvalue weighted by Crippen LogP contribution is 2.24. The van der Waals surface area contributed by atoms with Crippen LogP contribution in [-0.2, 0) is 16.1 Å². The fraction of sp³-hybridized carbons (Fsp3) is 0.643. The van der Waals surface area contributed by atoms with Gasteiger partial charge in [-0.2, -0.15) is 5.10 Å². The summed E-state index contributed by atoms with van der Waals surface area (Å²) in [5, 5.41) is 19.1. The lowest BCUT2D eigenvalue weighted by Gasteiger charge is -2.30. The molecule has 2 aromatic heterocycles. The van der Waals surface area contributed by atoms with Gasteiger partial charge in [0.2, 0.25) is 11.0 Å². The third-order valence-corrected chi connectivity index (χ3v) is 4.65. The SMILES string of the molecule is COCc1nnc(NC(=O)CN2CCC[C@@H](c3n[nH]c(C)n3)C2)s1. The molecule has 1 amide bonds. The van der Waals surface area contributed by atoms with Gasteiger partial charge < -0.3 is 4.74 Å². The van der Waals surface area contributed by atoms with Crippen LogP contribution in [0.4, 0.5) is 5.13 Å². The van der Waals surface area contributed by atoms with Crippen molar-refractivity contribution < 1.29 is 9.53 Å². The van der Waals surface area contributed by atoms with Gasteiger partial charge in [0.15, 0.2) is 5.82 Å². The van der Waals surface area contributed by atoms with E-state index in [0.29, 0.717) is 18.3 Å². The Kier molecular flexibility index (Phi) is 5.48. The van der Waals surface area contributed by atoms with Gasteiger partial charge in [0.1, 0.15) is 17.4 Å². The number of rotatable bonds is 6. The van der Waals surface area contributed by atoms with Crippen LogP contribution >= 0.6 is 11.3 Å². The van der Waals surface area contributed by atoms with Crippen LogP contribution in [0.3, 0.4) is 0 Å². The van der Waals surface area contributed by atoms with Crippen molar-refractivity contribution in [2.24, 2.45) is 0 Å². The Balaban J connectivity index is 1.51. The maximum absolute atomic E-state index is 12.2. The van der Waals surface area contributed by atoms with Crippen LogP contribution < -0.4 is 5.32 Å². The van der Waals surface area contributed by atoms with E-state index in [1.807, 2.05) is 6.92 Å². The van der Waals surface area contributed by atoms with Gasteiger partial charge in [-0.1, -0.05) is 11.3 Å². The third-order valence-electron chi connectivity index (χ3n) is 3.83. The van der Waals surface area contributed by atoms with Gasteiger partial charge in [-0.25, -0.2) is 4.98 Å². The van der Waals surface area contributed by atoms with Crippen molar-refractivity contribution in [2.75, 3.05) is 32.1 Å². The van der Waals surface area contributed by atoms with Crippen molar-refractivity contribution in [1.29, 1.82) is 0 Å². The molecule has 1 aliphatic rings. The van der Waals surface area contributed by atoms with Gasteiger partial charge >= 0.3 is 0 Å². The van der Waals surface area contributed by atoms with Crippen molar-refractivity contribution in [1.82, 2.24) is 30.3 Å².